The molecule has 1 fully saturated rings. The van der Waals surface area contributed by atoms with Crippen molar-refractivity contribution in [2.24, 2.45) is 0 Å². The zero-order chi connectivity index (χ0) is 24.6. The summed E-state index contributed by atoms with van der Waals surface area (Å²) >= 11 is 0. The molecule has 1 aliphatic rings. The van der Waals surface area contributed by atoms with Crippen molar-refractivity contribution >= 4 is 29.0 Å². The van der Waals surface area contributed by atoms with E-state index in [0.717, 1.165) is 42.9 Å². The Balaban J connectivity index is 1.49. The van der Waals surface area contributed by atoms with E-state index in [1.807, 2.05) is 66.7 Å². The number of urea groups is 1. The Labute approximate surface area is 207 Å². The number of hydrogen-bond donors (Lipinski definition) is 3. The SMILES string of the molecule is CC(C)c1ccc(NC(=O)Nc2ccc(N3CCCCC3)c(C(=O)NCc3ccccc3)c2)cc1. The topological polar surface area (TPSA) is 73.5 Å². The maximum absolute atomic E-state index is 13.2. The van der Waals surface area contributed by atoms with Gasteiger partial charge in [0.1, 0.15) is 0 Å². The van der Waals surface area contributed by atoms with Crippen LogP contribution in [0, 0.1) is 0 Å². The zero-order valence-electron chi connectivity index (χ0n) is 20.5. The van der Waals surface area contributed by atoms with Gasteiger partial charge in [0.2, 0.25) is 0 Å². The molecule has 3 aromatic carbocycles. The second kappa shape index (κ2) is 11.6. The molecule has 1 saturated heterocycles. The number of anilines is 3. The minimum Gasteiger partial charge on any atom is -0.371 e. The summed E-state index contributed by atoms with van der Waals surface area (Å²) in [6.45, 7) is 6.58. The lowest BCUT2D eigenvalue weighted by Gasteiger charge is -2.30. The quantitative estimate of drug-likeness (QED) is 0.375. The maximum atomic E-state index is 13.2. The number of benzene rings is 3. The van der Waals surface area contributed by atoms with Gasteiger partial charge in [-0.2, -0.15) is 0 Å². The molecule has 0 aromatic heterocycles. The average Bonchev–Trinajstić information content (AvgIpc) is 2.88. The molecular weight excluding hydrogens is 436 g/mol. The van der Waals surface area contributed by atoms with Gasteiger partial charge in [0.25, 0.3) is 5.91 Å². The van der Waals surface area contributed by atoms with Crippen molar-refractivity contribution in [3.8, 4) is 0 Å². The number of rotatable bonds is 7. The minimum absolute atomic E-state index is 0.150. The van der Waals surface area contributed by atoms with Crippen LogP contribution in [0.1, 0.15) is 60.5 Å². The highest BCUT2D eigenvalue weighted by Crippen LogP contribution is 2.27. The van der Waals surface area contributed by atoms with Gasteiger partial charge in [0, 0.05) is 36.7 Å². The Hall–Kier alpha value is -3.80. The van der Waals surface area contributed by atoms with Crippen molar-refractivity contribution < 1.29 is 9.59 Å². The number of nitrogens with one attached hydrogen (secondary N) is 3. The first-order valence-corrected chi connectivity index (χ1v) is 12.4. The molecular formula is C29H34N4O2. The van der Waals surface area contributed by atoms with E-state index in [9.17, 15) is 9.59 Å². The number of piperidine rings is 1. The predicted molar refractivity (Wildman–Crippen MR) is 143 cm³/mol. The Kier molecular flexibility index (Phi) is 8.03. The van der Waals surface area contributed by atoms with Gasteiger partial charge >= 0.3 is 6.03 Å². The monoisotopic (exact) mass is 470 g/mol. The molecule has 4 rings (SSSR count). The summed E-state index contributed by atoms with van der Waals surface area (Å²) in [4.78, 5) is 28.1. The molecule has 0 spiro atoms. The number of hydrogen-bond acceptors (Lipinski definition) is 3. The molecule has 182 valence electrons. The number of nitrogens with zero attached hydrogens (tertiary/aromatic N) is 1. The van der Waals surface area contributed by atoms with E-state index in [-0.39, 0.29) is 11.9 Å². The minimum atomic E-state index is -0.344. The highest BCUT2D eigenvalue weighted by molar-refractivity contribution is 6.04. The summed E-state index contributed by atoms with van der Waals surface area (Å²) in [6, 6.07) is 22.9. The fourth-order valence-electron chi connectivity index (χ4n) is 4.32. The molecule has 3 N–H and O–H groups in total. The average molecular weight is 471 g/mol. The molecule has 0 saturated carbocycles. The first-order valence-electron chi connectivity index (χ1n) is 12.4. The highest BCUT2D eigenvalue weighted by Gasteiger charge is 2.20. The third-order valence-corrected chi connectivity index (χ3v) is 6.33. The van der Waals surface area contributed by atoms with Crippen LogP contribution in [0.15, 0.2) is 72.8 Å². The Morgan fingerprint density at radius 2 is 1.49 bits per heavy atom. The van der Waals surface area contributed by atoms with Crippen molar-refractivity contribution in [2.75, 3.05) is 28.6 Å². The van der Waals surface area contributed by atoms with E-state index in [0.29, 0.717) is 23.7 Å². The molecule has 35 heavy (non-hydrogen) atoms. The van der Waals surface area contributed by atoms with Gasteiger partial charge in [-0.25, -0.2) is 4.79 Å². The highest BCUT2D eigenvalue weighted by atomic mass is 16.2. The summed E-state index contributed by atoms with van der Waals surface area (Å²) in [5.41, 5.74) is 5.03. The fourth-order valence-corrected chi connectivity index (χ4v) is 4.32. The van der Waals surface area contributed by atoms with Crippen molar-refractivity contribution in [1.82, 2.24) is 5.32 Å². The summed E-state index contributed by atoms with van der Waals surface area (Å²) in [5.74, 6) is 0.283. The van der Waals surface area contributed by atoms with Gasteiger partial charge in [-0.1, -0.05) is 56.3 Å². The van der Waals surface area contributed by atoms with Crippen LogP contribution in [-0.4, -0.2) is 25.0 Å². The first-order chi connectivity index (χ1) is 17.0. The summed E-state index contributed by atoms with van der Waals surface area (Å²) in [6.07, 6.45) is 3.44. The Morgan fingerprint density at radius 1 is 0.829 bits per heavy atom. The second-order valence-electron chi connectivity index (χ2n) is 9.30. The van der Waals surface area contributed by atoms with E-state index in [4.69, 9.17) is 0 Å². The van der Waals surface area contributed by atoms with E-state index in [1.165, 1.54) is 12.0 Å². The van der Waals surface area contributed by atoms with Crippen LogP contribution in [0.25, 0.3) is 0 Å². The third kappa shape index (κ3) is 6.63. The molecule has 1 aliphatic heterocycles. The molecule has 1 heterocycles. The van der Waals surface area contributed by atoms with Gasteiger partial charge in [0.05, 0.1) is 5.56 Å². The molecule has 0 aliphatic carbocycles. The first kappa shape index (κ1) is 24.3. The fraction of sp³-hybridized carbons (Fsp3) is 0.310. The van der Waals surface area contributed by atoms with Crippen LogP contribution < -0.4 is 20.9 Å². The lowest BCUT2D eigenvalue weighted by Crippen LogP contribution is -2.33. The lowest BCUT2D eigenvalue weighted by atomic mass is 10.0. The molecule has 6 nitrogen and oxygen atoms in total. The van der Waals surface area contributed by atoms with E-state index in [1.54, 1.807) is 6.07 Å². The van der Waals surface area contributed by atoms with Gasteiger partial charge in [-0.05, 0) is 66.6 Å². The standard InChI is InChI=1S/C29H34N4O2/c1-21(2)23-11-13-24(14-12-23)31-29(35)32-25-15-16-27(33-17-7-4-8-18-33)26(19-25)28(34)30-20-22-9-5-3-6-10-22/h3,5-6,9-16,19,21H,4,7-8,17-18,20H2,1-2H3,(H,30,34)(H2,31,32,35). The molecule has 3 aromatic rings. The van der Waals surface area contributed by atoms with Crippen LogP contribution in [0.5, 0.6) is 0 Å². The van der Waals surface area contributed by atoms with Gasteiger partial charge in [-0.15, -0.1) is 0 Å². The summed E-state index contributed by atoms with van der Waals surface area (Å²) < 4.78 is 0. The molecule has 3 amide bonds. The summed E-state index contributed by atoms with van der Waals surface area (Å²) in [7, 11) is 0. The molecule has 0 bridgehead atoms. The van der Waals surface area contributed by atoms with E-state index in [2.05, 4.69) is 34.7 Å². The van der Waals surface area contributed by atoms with Crippen molar-refractivity contribution in [2.45, 2.75) is 45.6 Å². The third-order valence-electron chi connectivity index (χ3n) is 6.33. The van der Waals surface area contributed by atoms with Crippen molar-refractivity contribution in [1.29, 1.82) is 0 Å². The number of carbonyl (C=O) groups excluding carboxylic acids is 2. The lowest BCUT2D eigenvalue weighted by molar-refractivity contribution is 0.0951. The molecule has 0 radical (unpaired) electrons. The molecule has 0 atom stereocenters. The maximum Gasteiger partial charge on any atom is 0.323 e. The number of amides is 3. The van der Waals surface area contributed by atoms with Crippen LogP contribution in [-0.2, 0) is 6.54 Å². The van der Waals surface area contributed by atoms with Crippen LogP contribution in [0.4, 0.5) is 21.9 Å². The van der Waals surface area contributed by atoms with Crippen LogP contribution in [0.3, 0.4) is 0 Å². The largest absolute Gasteiger partial charge is 0.371 e. The molecule has 0 unspecified atom stereocenters. The Morgan fingerprint density at radius 3 is 2.17 bits per heavy atom. The van der Waals surface area contributed by atoms with Crippen LogP contribution >= 0.6 is 0 Å². The normalized spacial score (nSPS) is 13.4. The van der Waals surface area contributed by atoms with Gasteiger partial charge in [0.15, 0.2) is 0 Å². The predicted octanol–water partition coefficient (Wildman–Crippen LogP) is 6.37. The van der Waals surface area contributed by atoms with Crippen LogP contribution in [0.2, 0.25) is 0 Å². The van der Waals surface area contributed by atoms with Crippen molar-refractivity contribution in [3.05, 3.63) is 89.5 Å². The Bertz CT molecular complexity index is 1140. The number of carbonyl (C=O) groups is 2. The van der Waals surface area contributed by atoms with E-state index >= 15 is 0 Å². The molecule has 6 heteroatoms. The summed E-state index contributed by atoms with van der Waals surface area (Å²) in [5, 5.41) is 8.78. The van der Waals surface area contributed by atoms with Gasteiger partial charge in [-0.3, -0.25) is 4.79 Å². The van der Waals surface area contributed by atoms with Gasteiger partial charge < -0.3 is 20.9 Å². The smallest absolute Gasteiger partial charge is 0.323 e. The van der Waals surface area contributed by atoms with E-state index < -0.39 is 0 Å². The zero-order valence-corrected chi connectivity index (χ0v) is 20.5. The van der Waals surface area contributed by atoms with Crippen molar-refractivity contribution in [3.63, 3.8) is 0 Å². The second-order valence-corrected chi connectivity index (χ2v) is 9.30.